The molecule has 1 aromatic heterocycles. The van der Waals surface area contributed by atoms with Crippen molar-refractivity contribution >= 4 is 45.9 Å². The van der Waals surface area contributed by atoms with E-state index in [9.17, 15) is 9.59 Å². The molecule has 1 amide bonds. The number of hydrogen-bond donors (Lipinski definition) is 1. The van der Waals surface area contributed by atoms with E-state index in [-0.39, 0.29) is 23.1 Å². The van der Waals surface area contributed by atoms with Crippen LogP contribution in [0.15, 0.2) is 46.3 Å². The van der Waals surface area contributed by atoms with E-state index in [1.807, 2.05) is 13.8 Å². The van der Waals surface area contributed by atoms with Crippen molar-refractivity contribution in [2.75, 3.05) is 24.3 Å². The number of carbonyl (C=O) groups excluding carboxylic acids is 1. The Morgan fingerprint density at radius 1 is 1.19 bits per heavy atom. The van der Waals surface area contributed by atoms with Crippen molar-refractivity contribution in [3.8, 4) is 11.5 Å². The molecule has 31 heavy (non-hydrogen) atoms. The summed E-state index contributed by atoms with van der Waals surface area (Å²) in [6.45, 7) is 5.54. The molecule has 0 unspecified atom stereocenters. The van der Waals surface area contributed by atoms with Crippen LogP contribution in [-0.2, 0) is 11.3 Å². The molecule has 2 heterocycles. The minimum Gasteiger partial charge on any atom is -0.486 e. The van der Waals surface area contributed by atoms with Crippen LogP contribution in [0.2, 0.25) is 5.02 Å². The Bertz CT molecular complexity index is 1200. The Labute approximate surface area is 188 Å². The normalized spacial score (nSPS) is 12.9. The van der Waals surface area contributed by atoms with Gasteiger partial charge in [0.15, 0.2) is 16.7 Å². The van der Waals surface area contributed by atoms with Gasteiger partial charge in [-0.15, -0.1) is 0 Å². The number of rotatable bonds is 6. The molecule has 4 rings (SSSR count). The summed E-state index contributed by atoms with van der Waals surface area (Å²) >= 11 is 7.29. The number of fused-ring (bicyclic) bond motifs is 2. The smallest absolute Gasteiger partial charge is 0.262 e. The van der Waals surface area contributed by atoms with Crippen LogP contribution in [0, 0.1) is 5.92 Å². The van der Waals surface area contributed by atoms with Gasteiger partial charge in [-0.3, -0.25) is 14.2 Å². The SMILES string of the molecule is CC(C)Cn1c(SCC(=O)Nc2ccc3c(c2)OCCO3)nc2ccc(Cl)cc2c1=O. The van der Waals surface area contributed by atoms with Crippen LogP contribution in [0.4, 0.5) is 5.69 Å². The highest BCUT2D eigenvalue weighted by Gasteiger charge is 2.16. The molecular weight excluding hydrogens is 438 g/mol. The van der Waals surface area contributed by atoms with E-state index >= 15 is 0 Å². The zero-order valence-corrected chi connectivity index (χ0v) is 18.8. The second-order valence-corrected chi connectivity index (χ2v) is 8.94. The third kappa shape index (κ3) is 4.97. The molecule has 2 aromatic carbocycles. The third-order valence-electron chi connectivity index (χ3n) is 4.59. The van der Waals surface area contributed by atoms with Crippen molar-refractivity contribution < 1.29 is 14.3 Å². The number of hydrogen-bond acceptors (Lipinski definition) is 6. The van der Waals surface area contributed by atoms with Crippen LogP contribution < -0.4 is 20.3 Å². The molecule has 1 aliphatic heterocycles. The summed E-state index contributed by atoms with van der Waals surface area (Å²) in [6, 6.07) is 10.3. The first-order valence-electron chi connectivity index (χ1n) is 9.93. The average Bonchev–Trinajstić information content (AvgIpc) is 2.74. The summed E-state index contributed by atoms with van der Waals surface area (Å²) in [5.74, 6) is 1.41. The number of benzene rings is 2. The fourth-order valence-electron chi connectivity index (χ4n) is 3.26. The highest BCUT2D eigenvalue weighted by molar-refractivity contribution is 7.99. The summed E-state index contributed by atoms with van der Waals surface area (Å²) in [7, 11) is 0. The van der Waals surface area contributed by atoms with Crippen LogP contribution in [0.1, 0.15) is 13.8 Å². The first-order chi connectivity index (χ1) is 14.9. The fourth-order valence-corrected chi connectivity index (χ4v) is 4.24. The van der Waals surface area contributed by atoms with Gasteiger partial charge in [0.1, 0.15) is 13.2 Å². The van der Waals surface area contributed by atoms with Crippen molar-refractivity contribution in [1.82, 2.24) is 9.55 Å². The maximum atomic E-state index is 13.0. The number of nitrogens with zero attached hydrogens (tertiary/aromatic N) is 2. The van der Waals surface area contributed by atoms with Gasteiger partial charge in [-0.25, -0.2) is 4.98 Å². The topological polar surface area (TPSA) is 82.5 Å². The molecule has 0 atom stereocenters. The molecule has 0 aliphatic carbocycles. The standard InChI is InChI=1S/C22H22ClN3O4S/c1-13(2)11-26-21(28)16-9-14(23)3-5-17(16)25-22(26)31-12-20(27)24-15-4-6-18-19(10-15)30-8-7-29-18/h3-6,9-10,13H,7-8,11-12H2,1-2H3,(H,24,27). The predicted molar refractivity (Wildman–Crippen MR) is 123 cm³/mol. The third-order valence-corrected chi connectivity index (χ3v) is 5.80. The minimum atomic E-state index is -0.205. The van der Waals surface area contributed by atoms with Gasteiger partial charge < -0.3 is 14.8 Å². The van der Waals surface area contributed by atoms with E-state index in [1.54, 1.807) is 41.0 Å². The molecule has 0 fully saturated rings. The fraction of sp³-hybridized carbons (Fsp3) is 0.318. The largest absolute Gasteiger partial charge is 0.486 e. The van der Waals surface area contributed by atoms with Crippen LogP contribution >= 0.6 is 23.4 Å². The highest BCUT2D eigenvalue weighted by atomic mass is 35.5. The van der Waals surface area contributed by atoms with E-state index < -0.39 is 0 Å². The van der Waals surface area contributed by atoms with Gasteiger partial charge in [-0.2, -0.15) is 0 Å². The number of carbonyl (C=O) groups is 1. The first kappa shape index (κ1) is 21.5. The zero-order chi connectivity index (χ0) is 22.0. The highest BCUT2D eigenvalue weighted by Crippen LogP contribution is 2.32. The molecule has 1 aliphatic rings. The first-order valence-corrected chi connectivity index (χ1v) is 11.3. The van der Waals surface area contributed by atoms with Crippen molar-refractivity contribution in [2.45, 2.75) is 25.5 Å². The van der Waals surface area contributed by atoms with E-state index in [2.05, 4.69) is 10.3 Å². The molecule has 7 nitrogen and oxygen atoms in total. The summed E-state index contributed by atoms with van der Waals surface area (Å²) < 4.78 is 12.7. The summed E-state index contributed by atoms with van der Waals surface area (Å²) in [6.07, 6.45) is 0. The van der Waals surface area contributed by atoms with Crippen molar-refractivity contribution in [2.24, 2.45) is 5.92 Å². The van der Waals surface area contributed by atoms with E-state index in [0.717, 1.165) is 0 Å². The van der Waals surface area contributed by atoms with Gasteiger partial charge in [0.25, 0.3) is 5.56 Å². The monoisotopic (exact) mass is 459 g/mol. The van der Waals surface area contributed by atoms with E-state index in [0.29, 0.717) is 58.0 Å². The summed E-state index contributed by atoms with van der Waals surface area (Å²) in [5.41, 5.74) is 1.02. The second-order valence-electron chi connectivity index (χ2n) is 7.56. The second kappa shape index (κ2) is 9.20. The number of halogens is 1. The van der Waals surface area contributed by atoms with E-state index in [1.165, 1.54) is 11.8 Å². The molecule has 162 valence electrons. The molecule has 0 bridgehead atoms. The van der Waals surface area contributed by atoms with Gasteiger partial charge in [0.05, 0.1) is 16.7 Å². The molecule has 0 saturated heterocycles. The number of nitrogens with one attached hydrogen (secondary N) is 1. The Hall–Kier alpha value is -2.71. The Kier molecular flexibility index (Phi) is 6.38. The minimum absolute atomic E-state index is 0.109. The number of ether oxygens (including phenoxy) is 2. The lowest BCUT2D eigenvalue weighted by Gasteiger charge is -2.19. The summed E-state index contributed by atoms with van der Waals surface area (Å²) in [5, 5.41) is 4.32. The molecule has 1 N–H and O–H groups in total. The molecule has 0 radical (unpaired) electrons. The molecule has 0 saturated carbocycles. The summed E-state index contributed by atoms with van der Waals surface area (Å²) in [4.78, 5) is 30.2. The van der Waals surface area contributed by atoms with Crippen LogP contribution in [0.25, 0.3) is 10.9 Å². The van der Waals surface area contributed by atoms with Gasteiger partial charge in [-0.05, 0) is 36.2 Å². The van der Waals surface area contributed by atoms with Crippen LogP contribution in [0.5, 0.6) is 11.5 Å². The maximum Gasteiger partial charge on any atom is 0.262 e. The number of anilines is 1. The maximum absolute atomic E-state index is 13.0. The number of thioether (sulfide) groups is 1. The Morgan fingerprint density at radius 2 is 1.97 bits per heavy atom. The van der Waals surface area contributed by atoms with E-state index in [4.69, 9.17) is 21.1 Å². The Balaban J connectivity index is 1.53. The van der Waals surface area contributed by atoms with Crippen LogP contribution in [0.3, 0.4) is 0 Å². The molecule has 3 aromatic rings. The van der Waals surface area contributed by atoms with Crippen molar-refractivity contribution in [1.29, 1.82) is 0 Å². The van der Waals surface area contributed by atoms with Gasteiger partial charge in [0.2, 0.25) is 5.91 Å². The Morgan fingerprint density at radius 3 is 2.74 bits per heavy atom. The van der Waals surface area contributed by atoms with Crippen molar-refractivity contribution in [3.63, 3.8) is 0 Å². The lowest BCUT2D eigenvalue weighted by Crippen LogP contribution is -2.26. The lowest BCUT2D eigenvalue weighted by atomic mass is 10.2. The van der Waals surface area contributed by atoms with Gasteiger partial charge in [-0.1, -0.05) is 37.2 Å². The van der Waals surface area contributed by atoms with Gasteiger partial charge >= 0.3 is 0 Å². The zero-order valence-electron chi connectivity index (χ0n) is 17.2. The van der Waals surface area contributed by atoms with Gasteiger partial charge in [0, 0.05) is 23.3 Å². The number of amides is 1. The lowest BCUT2D eigenvalue weighted by molar-refractivity contribution is -0.113. The van der Waals surface area contributed by atoms with Crippen molar-refractivity contribution in [3.05, 3.63) is 51.8 Å². The quantitative estimate of drug-likeness (QED) is 0.439. The molecular formula is C22H22ClN3O4S. The molecule has 9 heteroatoms. The number of aromatic nitrogens is 2. The molecule has 0 spiro atoms. The van der Waals surface area contributed by atoms with Crippen LogP contribution in [-0.4, -0.2) is 34.4 Å². The average molecular weight is 460 g/mol. The predicted octanol–water partition coefficient (Wildman–Crippen LogP) is 4.21.